The minimum Gasteiger partial charge on any atom is -0.256 e. The Kier molecular flexibility index (Phi) is 3.40. The SMILES string of the molecule is N#Cc1c(F)ccc(-c2cc(C(F)(F)F)ccn2)c1F. The van der Waals surface area contributed by atoms with Crippen molar-refractivity contribution in [3.8, 4) is 17.3 Å². The summed E-state index contributed by atoms with van der Waals surface area (Å²) in [6.07, 6.45) is -3.74. The molecule has 102 valence electrons. The molecule has 2 aromatic rings. The summed E-state index contributed by atoms with van der Waals surface area (Å²) < 4.78 is 64.7. The average Bonchev–Trinajstić information content (AvgIpc) is 2.38. The van der Waals surface area contributed by atoms with E-state index in [0.29, 0.717) is 6.07 Å². The largest absolute Gasteiger partial charge is 0.416 e. The number of alkyl halides is 3. The molecular weight excluding hydrogens is 279 g/mol. The third kappa shape index (κ3) is 2.45. The predicted octanol–water partition coefficient (Wildman–Crippen LogP) is 3.92. The van der Waals surface area contributed by atoms with Gasteiger partial charge in [0.2, 0.25) is 0 Å². The molecule has 0 aliphatic carbocycles. The number of pyridine rings is 1. The quantitative estimate of drug-likeness (QED) is 0.744. The molecule has 2 nitrogen and oxygen atoms in total. The molecule has 0 atom stereocenters. The van der Waals surface area contributed by atoms with Crippen LogP contribution in [0.1, 0.15) is 11.1 Å². The van der Waals surface area contributed by atoms with Gasteiger partial charge in [0.25, 0.3) is 0 Å². The second-order valence-electron chi connectivity index (χ2n) is 3.82. The molecule has 0 spiro atoms. The van der Waals surface area contributed by atoms with Crippen molar-refractivity contribution in [3.63, 3.8) is 0 Å². The van der Waals surface area contributed by atoms with Crippen LogP contribution in [0.4, 0.5) is 22.0 Å². The molecule has 1 heterocycles. The van der Waals surface area contributed by atoms with Crippen molar-refractivity contribution in [1.82, 2.24) is 4.98 Å². The Morgan fingerprint density at radius 1 is 1.10 bits per heavy atom. The fourth-order valence-electron chi connectivity index (χ4n) is 1.61. The van der Waals surface area contributed by atoms with Crippen LogP contribution in [0, 0.1) is 23.0 Å². The molecule has 0 aliphatic rings. The lowest BCUT2D eigenvalue weighted by atomic mass is 10.0. The number of nitriles is 1. The number of aromatic nitrogens is 1. The van der Waals surface area contributed by atoms with E-state index in [9.17, 15) is 22.0 Å². The van der Waals surface area contributed by atoms with Gasteiger partial charge in [-0.3, -0.25) is 4.98 Å². The molecule has 7 heteroatoms. The number of benzene rings is 1. The zero-order valence-corrected chi connectivity index (χ0v) is 9.67. The first kappa shape index (κ1) is 13.9. The number of halogens is 5. The van der Waals surface area contributed by atoms with Crippen molar-refractivity contribution in [2.45, 2.75) is 6.18 Å². The Morgan fingerprint density at radius 3 is 2.40 bits per heavy atom. The van der Waals surface area contributed by atoms with Crippen molar-refractivity contribution >= 4 is 0 Å². The average molecular weight is 284 g/mol. The lowest BCUT2D eigenvalue weighted by molar-refractivity contribution is -0.137. The topological polar surface area (TPSA) is 36.7 Å². The molecule has 0 saturated carbocycles. The second kappa shape index (κ2) is 4.89. The Hall–Kier alpha value is -2.49. The van der Waals surface area contributed by atoms with E-state index in [1.807, 2.05) is 0 Å². The van der Waals surface area contributed by atoms with Crippen LogP contribution in [0.2, 0.25) is 0 Å². The van der Waals surface area contributed by atoms with Crippen LogP contribution in [0.15, 0.2) is 30.5 Å². The lowest BCUT2D eigenvalue weighted by Gasteiger charge is -2.09. The van der Waals surface area contributed by atoms with Crippen molar-refractivity contribution in [2.24, 2.45) is 0 Å². The molecule has 1 aromatic carbocycles. The third-order valence-corrected chi connectivity index (χ3v) is 2.57. The van der Waals surface area contributed by atoms with Gasteiger partial charge in [0, 0.05) is 11.8 Å². The number of hydrogen-bond acceptors (Lipinski definition) is 2. The number of hydrogen-bond donors (Lipinski definition) is 0. The normalized spacial score (nSPS) is 11.2. The van der Waals surface area contributed by atoms with Gasteiger partial charge in [0.1, 0.15) is 17.4 Å². The Labute approximate surface area is 110 Å². The summed E-state index contributed by atoms with van der Waals surface area (Å²) in [4.78, 5) is 3.62. The third-order valence-electron chi connectivity index (χ3n) is 2.57. The van der Waals surface area contributed by atoms with E-state index in [1.165, 1.54) is 6.07 Å². The summed E-state index contributed by atoms with van der Waals surface area (Å²) in [6.45, 7) is 0. The lowest BCUT2D eigenvalue weighted by Crippen LogP contribution is -2.05. The van der Waals surface area contributed by atoms with Gasteiger partial charge in [-0.25, -0.2) is 8.78 Å². The van der Waals surface area contributed by atoms with Crippen molar-refractivity contribution in [3.05, 3.63) is 53.2 Å². The highest BCUT2D eigenvalue weighted by molar-refractivity contribution is 5.63. The van der Waals surface area contributed by atoms with Crippen LogP contribution in [0.3, 0.4) is 0 Å². The summed E-state index contributed by atoms with van der Waals surface area (Å²) in [6, 6.07) is 4.43. The Balaban J connectivity index is 2.62. The zero-order chi connectivity index (χ0) is 14.9. The number of rotatable bonds is 1. The van der Waals surface area contributed by atoms with E-state index >= 15 is 0 Å². The summed E-state index contributed by atoms with van der Waals surface area (Å²) in [5.41, 5.74) is -2.56. The number of nitrogens with zero attached hydrogens (tertiary/aromatic N) is 2. The molecule has 0 fully saturated rings. The molecule has 0 bridgehead atoms. The molecule has 0 amide bonds. The van der Waals surface area contributed by atoms with Gasteiger partial charge in [-0.05, 0) is 24.3 Å². The molecule has 0 radical (unpaired) electrons. The molecule has 1 aromatic heterocycles. The van der Waals surface area contributed by atoms with Crippen molar-refractivity contribution in [1.29, 1.82) is 5.26 Å². The smallest absolute Gasteiger partial charge is 0.256 e. The fourth-order valence-corrected chi connectivity index (χ4v) is 1.61. The standard InChI is InChI=1S/C13H5F5N2/c14-10-2-1-8(12(15)9(10)6-19)11-5-7(3-4-20-11)13(16,17)18/h1-5H. The van der Waals surface area contributed by atoms with Crippen LogP contribution in [-0.4, -0.2) is 4.98 Å². The molecule has 20 heavy (non-hydrogen) atoms. The van der Waals surface area contributed by atoms with Gasteiger partial charge in [-0.15, -0.1) is 0 Å². The molecule has 0 aliphatic heterocycles. The fraction of sp³-hybridized carbons (Fsp3) is 0.0769. The van der Waals surface area contributed by atoms with Crippen LogP contribution >= 0.6 is 0 Å². The van der Waals surface area contributed by atoms with Crippen LogP contribution in [0.25, 0.3) is 11.3 Å². The van der Waals surface area contributed by atoms with Gasteiger partial charge in [-0.2, -0.15) is 18.4 Å². The van der Waals surface area contributed by atoms with Crippen molar-refractivity contribution < 1.29 is 22.0 Å². The molecule has 0 saturated heterocycles. The highest BCUT2D eigenvalue weighted by Gasteiger charge is 2.31. The molecule has 0 N–H and O–H groups in total. The van der Waals surface area contributed by atoms with Crippen LogP contribution in [0.5, 0.6) is 0 Å². The molecular formula is C13H5F5N2. The van der Waals surface area contributed by atoms with E-state index < -0.39 is 28.9 Å². The first-order valence-corrected chi connectivity index (χ1v) is 5.26. The first-order valence-electron chi connectivity index (χ1n) is 5.26. The van der Waals surface area contributed by atoms with E-state index in [2.05, 4.69) is 4.98 Å². The first-order chi connectivity index (χ1) is 9.34. The second-order valence-corrected chi connectivity index (χ2v) is 3.82. The minimum atomic E-state index is -4.60. The van der Waals surface area contributed by atoms with Crippen LogP contribution in [-0.2, 0) is 6.18 Å². The van der Waals surface area contributed by atoms with E-state index in [1.54, 1.807) is 0 Å². The minimum absolute atomic E-state index is 0.325. The highest BCUT2D eigenvalue weighted by Crippen LogP contribution is 2.32. The van der Waals surface area contributed by atoms with E-state index in [4.69, 9.17) is 5.26 Å². The van der Waals surface area contributed by atoms with Gasteiger partial charge in [0.15, 0.2) is 5.82 Å². The van der Waals surface area contributed by atoms with Crippen LogP contribution < -0.4 is 0 Å². The van der Waals surface area contributed by atoms with Gasteiger partial charge in [0.05, 0.1) is 11.3 Å². The van der Waals surface area contributed by atoms with Crippen molar-refractivity contribution in [2.75, 3.05) is 0 Å². The molecule has 0 unspecified atom stereocenters. The zero-order valence-electron chi connectivity index (χ0n) is 9.67. The van der Waals surface area contributed by atoms with Gasteiger partial charge in [-0.1, -0.05) is 0 Å². The van der Waals surface area contributed by atoms with Gasteiger partial charge < -0.3 is 0 Å². The summed E-state index contributed by atoms with van der Waals surface area (Å²) >= 11 is 0. The van der Waals surface area contributed by atoms with E-state index in [0.717, 1.165) is 24.4 Å². The summed E-state index contributed by atoms with van der Waals surface area (Å²) in [5.74, 6) is -2.32. The maximum absolute atomic E-state index is 13.9. The van der Waals surface area contributed by atoms with Gasteiger partial charge >= 0.3 is 6.18 Å². The highest BCUT2D eigenvalue weighted by atomic mass is 19.4. The van der Waals surface area contributed by atoms with E-state index in [-0.39, 0.29) is 11.3 Å². The monoisotopic (exact) mass is 284 g/mol. The maximum Gasteiger partial charge on any atom is 0.416 e. The maximum atomic E-state index is 13.9. The predicted molar refractivity (Wildman–Crippen MR) is 59.3 cm³/mol. The Morgan fingerprint density at radius 2 is 1.80 bits per heavy atom. The Bertz CT molecular complexity index is 701. The summed E-state index contributed by atoms with van der Waals surface area (Å²) in [7, 11) is 0. The summed E-state index contributed by atoms with van der Waals surface area (Å²) in [5, 5.41) is 8.62. The molecule has 2 rings (SSSR count).